The van der Waals surface area contributed by atoms with Crippen molar-refractivity contribution in [3.05, 3.63) is 65.2 Å². The standard InChI is InChI=1S/C25H26N4O5/c1-26-23(32)27-18-9-10-19-17(14-18)11-12-25(19)22(31)29(24(33)34-25)15-21(30)28-13-5-8-20(28)16-6-3-2-4-7-16/h2-4,6-7,9-10,14,20H,5,8,11-13,15H2,1H3,(H2,26,27,32)/t20?,25-/m1/s1. The van der Waals surface area contributed by atoms with Crippen LogP contribution in [0.25, 0.3) is 0 Å². The summed E-state index contributed by atoms with van der Waals surface area (Å²) in [5.41, 5.74) is 1.65. The number of urea groups is 1. The van der Waals surface area contributed by atoms with Gasteiger partial charge in [-0.05, 0) is 42.5 Å². The smallest absolute Gasteiger partial charge is 0.418 e. The highest BCUT2D eigenvalue weighted by Gasteiger charge is 2.58. The maximum Gasteiger partial charge on any atom is 0.418 e. The highest BCUT2D eigenvalue weighted by Crippen LogP contribution is 2.46. The predicted molar refractivity (Wildman–Crippen MR) is 123 cm³/mol. The first-order valence-corrected chi connectivity index (χ1v) is 11.4. The number of amides is 5. The Morgan fingerprint density at radius 3 is 2.71 bits per heavy atom. The quantitative estimate of drug-likeness (QED) is 0.726. The second kappa shape index (κ2) is 8.48. The average molecular weight is 463 g/mol. The lowest BCUT2D eigenvalue weighted by Gasteiger charge is -2.26. The van der Waals surface area contributed by atoms with Gasteiger partial charge in [-0.15, -0.1) is 0 Å². The van der Waals surface area contributed by atoms with E-state index in [2.05, 4.69) is 10.6 Å². The summed E-state index contributed by atoms with van der Waals surface area (Å²) in [6.07, 6.45) is 1.74. The molecule has 9 nitrogen and oxygen atoms in total. The molecule has 1 spiro atoms. The molecule has 0 aromatic heterocycles. The molecule has 176 valence electrons. The van der Waals surface area contributed by atoms with Crippen molar-refractivity contribution in [1.82, 2.24) is 15.1 Å². The Labute approximate surface area is 197 Å². The summed E-state index contributed by atoms with van der Waals surface area (Å²) in [7, 11) is 1.52. The number of hydrogen-bond acceptors (Lipinski definition) is 5. The van der Waals surface area contributed by atoms with Gasteiger partial charge in [0.1, 0.15) is 6.54 Å². The first kappa shape index (κ1) is 21.9. The van der Waals surface area contributed by atoms with Crippen molar-refractivity contribution in [2.75, 3.05) is 25.5 Å². The Morgan fingerprint density at radius 2 is 1.94 bits per heavy atom. The van der Waals surface area contributed by atoms with E-state index in [1.54, 1.807) is 23.1 Å². The summed E-state index contributed by atoms with van der Waals surface area (Å²) >= 11 is 0. The van der Waals surface area contributed by atoms with Crippen LogP contribution in [-0.2, 0) is 26.3 Å². The molecule has 0 saturated carbocycles. The van der Waals surface area contributed by atoms with E-state index >= 15 is 0 Å². The molecule has 5 rings (SSSR count). The summed E-state index contributed by atoms with van der Waals surface area (Å²) in [6.45, 7) is 0.249. The van der Waals surface area contributed by atoms with Gasteiger partial charge in [0.2, 0.25) is 11.5 Å². The van der Waals surface area contributed by atoms with E-state index < -0.39 is 17.6 Å². The second-order valence-corrected chi connectivity index (χ2v) is 8.82. The fourth-order valence-corrected chi connectivity index (χ4v) is 5.24. The molecule has 2 atom stereocenters. The van der Waals surface area contributed by atoms with E-state index in [1.165, 1.54) is 7.05 Å². The second-order valence-electron chi connectivity index (χ2n) is 8.82. The fourth-order valence-electron chi connectivity index (χ4n) is 5.24. The molecule has 9 heteroatoms. The van der Waals surface area contributed by atoms with Crippen LogP contribution in [0.1, 0.15) is 42.0 Å². The minimum atomic E-state index is -1.41. The van der Waals surface area contributed by atoms with E-state index in [0.29, 0.717) is 30.6 Å². The number of nitrogens with one attached hydrogen (secondary N) is 2. The van der Waals surface area contributed by atoms with Crippen LogP contribution < -0.4 is 10.6 Å². The van der Waals surface area contributed by atoms with Crippen LogP contribution in [0, 0.1) is 0 Å². The van der Waals surface area contributed by atoms with Gasteiger partial charge in [0.15, 0.2) is 0 Å². The van der Waals surface area contributed by atoms with Crippen molar-refractivity contribution in [3.63, 3.8) is 0 Å². The molecule has 1 aliphatic carbocycles. The molecule has 2 heterocycles. The molecule has 1 unspecified atom stereocenters. The zero-order valence-corrected chi connectivity index (χ0v) is 18.9. The SMILES string of the molecule is CNC(=O)Nc1ccc2c(c1)CC[C@@]21OC(=O)N(CC(=O)N2CCCC2c2ccccc2)C1=O. The van der Waals surface area contributed by atoms with Crippen LogP contribution in [0.15, 0.2) is 48.5 Å². The Morgan fingerprint density at radius 1 is 1.15 bits per heavy atom. The maximum atomic E-state index is 13.4. The third kappa shape index (κ3) is 3.57. The molecule has 2 saturated heterocycles. The van der Waals surface area contributed by atoms with Crippen LogP contribution in [-0.4, -0.2) is 53.9 Å². The van der Waals surface area contributed by atoms with E-state index in [9.17, 15) is 19.2 Å². The van der Waals surface area contributed by atoms with Crippen molar-refractivity contribution in [1.29, 1.82) is 0 Å². The molecule has 0 radical (unpaired) electrons. The summed E-state index contributed by atoms with van der Waals surface area (Å²) in [6, 6.07) is 14.5. The molecular weight excluding hydrogens is 436 g/mol. The van der Waals surface area contributed by atoms with Gasteiger partial charge in [-0.25, -0.2) is 14.5 Å². The molecule has 2 aromatic rings. The summed E-state index contributed by atoms with van der Waals surface area (Å²) in [5.74, 6) is -0.774. The molecule has 34 heavy (non-hydrogen) atoms. The number of carbonyl (C=O) groups excluding carboxylic acids is 4. The first-order valence-electron chi connectivity index (χ1n) is 11.4. The number of nitrogens with zero attached hydrogens (tertiary/aromatic N) is 2. The summed E-state index contributed by atoms with van der Waals surface area (Å²) in [5, 5.41) is 5.19. The topological polar surface area (TPSA) is 108 Å². The molecule has 0 bridgehead atoms. The first-order chi connectivity index (χ1) is 16.4. The number of benzene rings is 2. The lowest BCUT2D eigenvalue weighted by molar-refractivity contribution is -0.142. The molecular formula is C25H26N4O5. The third-order valence-electron chi connectivity index (χ3n) is 6.90. The molecule has 2 aliphatic heterocycles. The van der Waals surface area contributed by atoms with Gasteiger partial charge >= 0.3 is 12.1 Å². The van der Waals surface area contributed by atoms with Crippen molar-refractivity contribution in [2.45, 2.75) is 37.3 Å². The highest BCUT2D eigenvalue weighted by molar-refractivity contribution is 6.06. The van der Waals surface area contributed by atoms with Gasteiger partial charge in [-0.2, -0.15) is 0 Å². The number of likely N-dealkylation sites (tertiary alicyclic amines) is 1. The van der Waals surface area contributed by atoms with Gasteiger partial charge in [0.25, 0.3) is 5.91 Å². The number of hydrogen-bond donors (Lipinski definition) is 2. The third-order valence-corrected chi connectivity index (χ3v) is 6.90. The predicted octanol–water partition coefficient (Wildman–Crippen LogP) is 2.92. The minimum absolute atomic E-state index is 0.0603. The van der Waals surface area contributed by atoms with E-state index in [0.717, 1.165) is 28.9 Å². The molecule has 5 amide bonds. The number of carbonyl (C=O) groups is 4. The van der Waals surface area contributed by atoms with E-state index in [4.69, 9.17) is 4.74 Å². The molecule has 2 fully saturated rings. The highest BCUT2D eigenvalue weighted by atomic mass is 16.6. The van der Waals surface area contributed by atoms with Crippen LogP contribution in [0.5, 0.6) is 0 Å². The van der Waals surface area contributed by atoms with Gasteiger partial charge in [-0.1, -0.05) is 36.4 Å². The Hall–Kier alpha value is -3.88. The Kier molecular flexibility index (Phi) is 5.47. The van der Waals surface area contributed by atoms with Crippen LogP contribution in [0.3, 0.4) is 0 Å². The lowest BCUT2D eigenvalue weighted by Crippen LogP contribution is -2.44. The number of aryl methyl sites for hydroxylation is 1. The number of imide groups is 1. The lowest BCUT2D eigenvalue weighted by atomic mass is 9.94. The van der Waals surface area contributed by atoms with Gasteiger partial charge in [0, 0.05) is 31.3 Å². The van der Waals surface area contributed by atoms with Gasteiger partial charge in [-0.3, -0.25) is 9.59 Å². The average Bonchev–Trinajstić information content (AvgIpc) is 3.53. The summed E-state index contributed by atoms with van der Waals surface area (Å²) in [4.78, 5) is 53.7. The molecule has 2 N–H and O–H groups in total. The van der Waals surface area contributed by atoms with Crippen molar-refractivity contribution in [2.24, 2.45) is 0 Å². The normalized spacial score (nSPS) is 23.3. The van der Waals surface area contributed by atoms with E-state index in [1.807, 2.05) is 30.3 Å². The van der Waals surface area contributed by atoms with Crippen LogP contribution >= 0.6 is 0 Å². The zero-order valence-electron chi connectivity index (χ0n) is 18.9. The van der Waals surface area contributed by atoms with Crippen molar-refractivity contribution < 1.29 is 23.9 Å². The maximum absolute atomic E-state index is 13.4. The van der Waals surface area contributed by atoms with Crippen molar-refractivity contribution in [3.8, 4) is 0 Å². The van der Waals surface area contributed by atoms with E-state index in [-0.39, 0.29) is 24.5 Å². The number of rotatable bonds is 4. The number of anilines is 1. The van der Waals surface area contributed by atoms with Gasteiger partial charge < -0.3 is 20.3 Å². The van der Waals surface area contributed by atoms with Gasteiger partial charge in [0.05, 0.1) is 6.04 Å². The van der Waals surface area contributed by atoms with Crippen LogP contribution in [0.4, 0.5) is 15.3 Å². The van der Waals surface area contributed by atoms with Crippen LogP contribution in [0.2, 0.25) is 0 Å². The zero-order chi connectivity index (χ0) is 23.9. The molecule has 2 aromatic carbocycles. The monoisotopic (exact) mass is 462 g/mol. The fraction of sp³-hybridized carbons (Fsp3) is 0.360. The Bertz CT molecular complexity index is 1170. The largest absolute Gasteiger partial charge is 0.427 e. The minimum Gasteiger partial charge on any atom is -0.427 e. The Balaban J connectivity index is 1.34. The molecule has 3 aliphatic rings. The number of fused-ring (bicyclic) bond motifs is 2. The van der Waals surface area contributed by atoms with Crippen molar-refractivity contribution >= 4 is 29.6 Å². The number of ether oxygens (including phenoxy) is 1. The summed E-state index contributed by atoms with van der Waals surface area (Å²) < 4.78 is 5.65.